The first-order valence-corrected chi connectivity index (χ1v) is 7.41. The Bertz CT molecular complexity index is 185. The lowest BCUT2D eigenvalue weighted by Crippen LogP contribution is -2.66. The molecule has 0 heterocycles. The van der Waals surface area contributed by atoms with Crippen LogP contribution in [0.4, 0.5) is 0 Å². The standard InChI is InChI=1S/C9H22N2O2Si/c1-7(2)10-14(6,11-8(3)4)13-9(5)12/h7-8,10-11H,1-6H3. The van der Waals surface area contributed by atoms with Gasteiger partial charge in [-0.05, 0) is 18.6 Å². The molecule has 0 fully saturated rings. The van der Waals surface area contributed by atoms with Crippen LogP contribution in [0.2, 0.25) is 6.55 Å². The van der Waals surface area contributed by atoms with Crippen molar-refractivity contribution in [3.05, 3.63) is 0 Å². The molecule has 0 aromatic rings. The third-order valence-corrected chi connectivity index (χ3v) is 4.43. The molecule has 2 N–H and O–H groups in total. The molecule has 14 heavy (non-hydrogen) atoms. The molecule has 0 aromatic carbocycles. The van der Waals surface area contributed by atoms with E-state index >= 15 is 0 Å². The first-order chi connectivity index (χ1) is 6.25. The summed E-state index contributed by atoms with van der Waals surface area (Å²) in [7, 11) is -2.29. The van der Waals surface area contributed by atoms with Gasteiger partial charge in [0.25, 0.3) is 5.97 Å². The summed E-state index contributed by atoms with van der Waals surface area (Å²) in [4.78, 5) is 17.6. The van der Waals surface area contributed by atoms with Gasteiger partial charge in [0.15, 0.2) is 0 Å². The van der Waals surface area contributed by atoms with Gasteiger partial charge in [-0.25, -0.2) is 0 Å². The molecular formula is C9H22N2O2Si. The molecule has 0 spiro atoms. The van der Waals surface area contributed by atoms with Crippen LogP contribution in [-0.4, -0.2) is 26.7 Å². The summed E-state index contributed by atoms with van der Waals surface area (Å²) in [5.74, 6) is -0.236. The molecule has 0 amide bonds. The number of rotatable bonds is 5. The van der Waals surface area contributed by atoms with Gasteiger partial charge >= 0.3 is 8.64 Å². The maximum atomic E-state index is 11.0. The van der Waals surface area contributed by atoms with Gasteiger partial charge in [0.1, 0.15) is 0 Å². The van der Waals surface area contributed by atoms with Crippen molar-refractivity contribution in [2.75, 3.05) is 0 Å². The van der Waals surface area contributed by atoms with E-state index in [-0.39, 0.29) is 5.97 Å². The molecule has 0 saturated heterocycles. The van der Waals surface area contributed by atoms with Gasteiger partial charge in [-0.1, -0.05) is 27.7 Å². The predicted octanol–water partition coefficient (Wildman–Crippen LogP) is 1.11. The van der Waals surface area contributed by atoms with Crippen LogP contribution >= 0.6 is 0 Å². The predicted molar refractivity (Wildman–Crippen MR) is 59.9 cm³/mol. The average Bonchev–Trinajstić information content (AvgIpc) is 1.76. The van der Waals surface area contributed by atoms with E-state index in [4.69, 9.17) is 4.43 Å². The largest absolute Gasteiger partial charge is 0.492 e. The second-order valence-corrected chi connectivity index (χ2v) is 7.07. The Balaban J connectivity index is 4.40. The highest BCUT2D eigenvalue weighted by atomic mass is 28.4. The lowest BCUT2D eigenvalue weighted by molar-refractivity contribution is -0.133. The van der Waals surface area contributed by atoms with Crippen molar-refractivity contribution in [2.24, 2.45) is 0 Å². The van der Waals surface area contributed by atoms with Crippen LogP contribution in [0.3, 0.4) is 0 Å². The van der Waals surface area contributed by atoms with Crippen LogP contribution in [0, 0.1) is 0 Å². The quantitative estimate of drug-likeness (QED) is 0.679. The molecule has 0 aromatic heterocycles. The van der Waals surface area contributed by atoms with Crippen LogP contribution in [0.1, 0.15) is 34.6 Å². The SMILES string of the molecule is CC(=O)O[Si](C)(NC(C)C)NC(C)C. The Morgan fingerprint density at radius 1 is 1.14 bits per heavy atom. The number of hydrogen-bond acceptors (Lipinski definition) is 4. The minimum atomic E-state index is -2.29. The van der Waals surface area contributed by atoms with Gasteiger partial charge in [0.2, 0.25) is 0 Å². The number of hydrogen-bond donors (Lipinski definition) is 2. The molecule has 0 aliphatic rings. The summed E-state index contributed by atoms with van der Waals surface area (Å²) < 4.78 is 5.34. The summed E-state index contributed by atoms with van der Waals surface area (Å²) in [5, 5.41) is 0. The number of nitrogens with one attached hydrogen (secondary N) is 2. The molecule has 0 radical (unpaired) electrons. The maximum absolute atomic E-state index is 11.0. The van der Waals surface area contributed by atoms with E-state index in [0.29, 0.717) is 12.1 Å². The monoisotopic (exact) mass is 218 g/mol. The Labute approximate surface area is 87.7 Å². The lowest BCUT2D eigenvalue weighted by Gasteiger charge is -2.31. The van der Waals surface area contributed by atoms with Crippen LogP contribution in [-0.2, 0) is 9.22 Å². The Kier molecular flexibility index (Phi) is 5.32. The van der Waals surface area contributed by atoms with E-state index in [9.17, 15) is 4.79 Å². The maximum Gasteiger partial charge on any atom is 0.412 e. The van der Waals surface area contributed by atoms with Crippen molar-refractivity contribution in [1.29, 1.82) is 0 Å². The van der Waals surface area contributed by atoms with Crippen molar-refractivity contribution >= 4 is 14.6 Å². The highest BCUT2D eigenvalue weighted by Crippen LogP contribution is 2.00. The summed E-state index contributed by atoms with van der Waals surface area (Å²) in [6.45, 7) is 11.5. The van der Waals surface area contributed by atoms with E-state index in [1.807, 2.05) is 34.2 Å². The fourth-order valence-electron chi connectivity index (χ4n) is 1.49. The smallest absolute Gasteiger partial charge is 0.412 e. The molecule has 5 heteroatoms. The average molecular weight is 218 g/mol. The summed E-state index contributed by atoms with van der Waals surface area (Å²) in [6.07, 6.45) is 0. The minimum absolute atomic E-state index is 0.236. The van der Waals surface area contributed by atoms with E-state index in [0.717, 1.165) is 0 Å². The van der Waals surface area contributed by atoms with Crippen molar-refractivity contribution in [2.45, 2.75) is 53.2 Å². The highest BCUT2D eigenvalue weighted by molar-refractivity contribution is 6.69. The molecule has 0 bridgehead atoms. The Morgan fingerprint density at radius 2 is 1.50 bits per heavy atom. The van der Waals surface area contributed by atoms with E-state index < -0.39 is 8.64 Å². The summed E-state index contributed by atoms with van der Waals surface area (Å²) in [5.41, 5.74) is 0. The first-order valence-electron chi connectivity index (χ1n) is 5.00. The Hall–Kier alpha value is -0.393. The molecular weight excluding hydrogens is 196 g/mol. The third-order valence-electron chi connectivity index (χ3n) is 1.48. The zero-order valence-corrected chi connectivity index (χ0v) is 11.0. The minimum Gasteiger partial charge on any atom is -0.492 e. The first kappa shape index (κ1) is 13.6. The number of carbonyl (C=O) groups is 1. The van der Waals surface area contributed by atoms with E-state index in [1.54, 1.807) is 0 Å². The van der Waals surface area contributed by atoms with Crippen LogP contribution < -0.4 is 9.96 Å². The second kappa shape index (κ2) is 5.48. The van der Waals surface area contributed by atoms with E-state index in [2.05, 4.69) is 9.96 Å². The van der Waals surface area contributed by atoms with Crippen molar-refractivity contribution in [3.63, 3.8) is 0 Å². The van der Waals surface area contributed by atoms with Gasteiger partial charge in [0, 0.05) is 6.92 Å². The second-order valence-electron chi connectivity index (χ2n) is 4.22. The van der Waals surface area contributed by atoms with Gasteiger partial charge < -0.3 is 4.43 Å². The van der Waals surface area contributed by atoms with Gasteiger partial charge in [-0.3, -0.25) is 14.8 Å². The van der Waals surface area contributed by atoms with Crippen molar-refractivity contribution < 1.29 is 9.22 Å². The van der Waals surface area contributed by atoms with Crippen LogP contribution in [0.25, 0.3) is 0 Å². The van der Waals surface area contributed by atoms with E-state index in [1.165, 1.54) is 6.92 Å². The molecule has 84 valence electrons. The molecule has 4 nitrogen and oxygen atoms in total. The zero-order chi connectivity index (χ0) is 11.4. The molecule has 0 saturated carbocycles. The Morgan fingerprint density at radius 3 is 1.71 bits per heavy atom. The molecule has 0 aliphatic heterocycles. The van der Waals surface area contributed by atoms with Gasteiger partial charge in [-0.15, -0.1) is 0 Å². The van der Waals surface area contributed by atoms with Crippen molar-refractivity contribution in [1.82, 2.24) is 9.96 Å². The van der Waals surface area contributed by atoms with Gasteiger partial charge in [0.05, 0.1) is 0 Å². The zero-order valence-electron chi connectivity index (χ0n) is 9.97. The lowest BCUT2D eigenvalue weighted by atomic mass is 10.4. The van der Waals surface area contributed by atoms with Crippen molar-refractivity contribution in [3.8, 4) is 0 Å². The topological polar surface area (TPSA) is 50.4 Å². The van der Waals surface area contributed by atoms with Gasteiger partial charge in [-0.2, -0.15) is 0 Å². The summed E-state index contributed by atoms with van der Waals surface area (Å²) in [6, 6.07) is 0.606. The van der Waals surface area contributed by atoms with Crippen LogP contribution in [0.5, 0.6) is 0 Å². The van der Waals surface area contributed by atoms with Crippen LogP contribution in [0.15, 0.2) is 0 Å². The molecule has 0 atom stereocenters. The molecule has 0 unspecified atom stereocenters. The summed E-state index contributed by atoms with van der Waals surface area (Å²) >= 11 is 0. The number of carbonyl (C=O) groups excluding carboxylic acids is 1. The fraction of sp³-hybridized carbons (Fsp3) is 0.889. The normalized spacial score (nSPS) is 12.3. The molecule has 0 aliphatic carbocycles. The fourth-order valence-corrected chi connectivity index (χ4v) is 4.47. The third kappa shape index (κ3) is 6.12. The highest BCUT2D eigenvalue weighted by Gasteiger charge is 2.34. The molecule has 0 rings (SSSR count).